The Morgan fingerprint density at radius 3 is 2.62 bits per heavy atom. The number of nitrogens with one attached hydrogen (secondary N) is 2. The summed E-state index contributed by atoms with van der Waals surface area (Å²) in [6, 6.07) is 8.67. The molecule has 1 saturated carbocycles. The summed E-state index contributed by atoms with van der Waals surface area (Å²) in [6.07, 6.45) is 7.86. The minimum Gasteiger partial charge on any atom is -0.465 e. The molecule has 2 heterocycles. The average molecular weight is 462 g/mol. The van der Waals surface area contributed by atoms with Gasteiger partial charge in [0.25, 0.3) is 5.91 Å². The molecule has 0 spiro atoms. The van der Waals surface area contributed by atoms with Gasteiger partial charge in [0.2, 0.25) is 5.91 Å². The number of ether oxygens (including phenoxy) is 1. The van der Waals surface area contributed by atoms with E-state index in [1.165, 1.54) is 20.2 Å². The Labute approximate surface area is 197 Å². The van der Waals surface area contributed by atoms with E-state index in [9.17, 15) is 14.4 Å². The molecule has 1 aromatic carbocycles. The Morgan fingerprint density at radius 1 is 1.18 bits per heavy atom. The van der Waals surface area contributed by atoms with Crippen LogP contribution >= 0.6 is 0 Å². The summed E-state index contributed by atoms with van der Waals surface area (Å²) in [6.45, 7) is 2.57. The molecular formula is C25H27N5O4. The zero-order chi connectivity index (χ0) is 24.1. The molecule has 2 amide bonds. The summed E-state index contributed by atoms with van der Waals surface area (Å²) >= 11 is 0. The van der Waals surface area contributed by atoms with Crippen LogP contribution in [-0.4, -0.2) is 53.2 Å². The van der Waals surface area contributed by atoms with Crippen molar-refractivity contribution in [3.05, 3.63) is 65.6 Å². The first-order valence-electron chi connectivity index (χ1n) is 11.2. The lowest BCUT2D eigenvalue weighted by Crippen LogP contribution is -2.32. The molecule has 0 unspecified atom stereocenters. The molecule has 2 N–H and O–H groups in total. The summed E-state index contributed by atoms with van der Waals surface area (Å²) in [7, 11) is 1.32. The third-order valence-electron chi connectivity index (χ3n) is 5.79. The van der Waals surface area contributed by atoms with Crippen molar-refractivity contribution in [3.8, 4) is 11.3 Å². The van der Waals surface area contributed by atoms with Crippen LogP contribution in [0, 0.1) is 5.92 Å². The first-order valence-corrected chi connectivity index (χ1v) is 11.2. The van der Waals surface area contributed by atoms with Gasteiger partial charge in [0.15, 0.2) is 0 Å². The van der Waals surface area contributed by atoms with Gasteiger partial charge in [-0.1, -0.05) is 6.07 Å². The number of rotatable bonds is 9. The van der Waals surface area contributed by atoms with Crippen molar-refractivity contribution in [2.45, 2.75) is 26.2 Å². The van der Waals surface area contributed by atoms with Gasteiger partial charge < -0.3 is 15.0 Å². The quantitative estimate of drug-likeness (QED) is 0.473. The van der Waals surface area contributed by atoms with Crippen LogP contribution in [0.15, 0.2) is 48.9 Å². The SMILES string of the molecule is COC(=O)c1cc(-c2ccc(C(=O)NCCc3cn[nH]c3)cn2)ccc1N(CC1CC1)C(C)=O. The van der Waals surface area contributed by atoms with E-state index in [0.717, 1.165) is 18.4 Å². The topological polar surface area (TPSA) is 117 Å². The zero-order valence-electron chi connectivity index (χ0n) is 19.2. The fourth-order valence-electron chi connectivity index (χ4n) is 3.70. The largest absolute Gasteiger partial charge is 0.465 e. The van der Waals surface area contributed by atoms with E-state index >= 15 is 0 Å². The number of esters is 1. The Bertz CT molecular complexity index is 1170. The lowest BCUT2D eigenvalue weighted by molar-refractivity contribution is -0.116. The van der Waals surface area contributed by atoms with Gasteiger partial charge in [-0.15, -0.1) is 0 Å². The number of carbonyl (C=O) groups is 3. The van der Waals surface area contributed by atoms with Crippen LogP contribution in [0.3, 0.4) is 0 Å². The Morgan fingerprint density at radius 2 is 2.00 bits per heavy atom. The third kappa shape index (κ3) is 5.48. The number of nitrogens with zero attached hydrogens (tertiary/aromatic N) is 3. The second-order valence-electron chi connectivity index (χ2n) is 8.34. The molecule has 176 valence electrons. The standard InChI is InChI=1S/C25H27N5O4/c1-16(31)30(15-17-3-4-17)23-8-6-19(11-21(23)25(33)34-2)22-7-5-20(14-27-22)24(32)26-10-9-18-12-28-29-13-18/h5-8,11-14,17H,3-4,9-10,15H2,1-2H3,(H,26,32)(H,28,29). The maximum absolute atomic E-state index is 12.5. The zero-order valence-corrected chi connectivity index (χ0v) is 19.2. The van der Waals surface area contributed by atoms with Crippen molar-refractivity contribution >= 4 is 23.5 Å². The molecule has 0 atom stereocenters. The van der Waals surface area contributed by atoms with E-state index in [0.29, 0.717) is 53.5 Å². The summed E-state index contributed by atoms with van der Waals surface area (Å²) in [4.78, 5) is 43.3. The number of amides is 2. The molecular weight excluding hydrogens is 434 g/mol. The summed E-state index contributed by atoms with van der Waals surface area (Å²) in [5, 5.41) is 9.48. The maximum atomic E-state index is 12.5. The lowest BCUT2D eigenvalue weighted by Gasteiger charge is -2.23. The van der Waals surface area contributed by atoms with Crippen molar-refractivity contribution in [1.82, 2.24) is 20.5 Å². The molecule has 0 radical (unpaired) electrons. The smallest absolute Gasteiger partial charge is 0.340 e. The first kappa shape index (κ1) is 23.2. The van der Waals surface area contributed by atoms with Gasteiger partial charge in [0.05, 0.1) is 35.8 Å². The number of anilines is 1. The van der Waals surface area contributed by atoms with Crippen LogP contribution in [0.4, 0.5) is 5.69 Å². The molecule has 0 saturated heterocycles. The van der Waals surface area contributed by atoms with Crippen LogP contribution in [0.5, 0.6) is 0 Å². The minimum atomic E-state index is -0.521. The molecule has 9 nitrogen and oxygen atoms in total. The molecule has 1 fully saturated rings. The monoisotopic (exact) mass is 461 g/mol. The van der Waals surface area contributed by atoms with Crippen LogP contribution in [0.25, 0.3) is 11.3 Å². The number of methoxy groups -OCH3 is 1. The first-order chi connectivity index (χ1) is 16.5. The maximum Gasteiger partial charge on any atom is 0.340 e. The van der Waals surface area contributed by atoms with E-state index in [4.69, 9.17) is 4.74 Å². The molecule has 34 heavy (non-hydrogen) atoms. The van der Waals surface area contributed by atoms with Gasteiger partial charge in [0, 0.05) is 38.0 Å². The van der Waals surface area contributed by atoms with Gasteiger partial charge in [-0.25, -0.2) is 4.79 Å². The molecule has 4 rings (SSSR count). The van der Waals surface area contributed by atoms with Gasteiger partial charge in [-0.3, -0.25) is 19.7 Å². The molecule has 0 bridgehead atoms. The number of pyridine rings is 1. The fourth-order valence-corrected chi connectivity index (χ4v) is 3.70. The van der Waals surface area contributed by atoms with Crippen molar-refractivity contribution < 1.29 is 19.1 Å². The highest BCUT2D eigenvalue weighted by molar-refractivity contribution is 6.03. The molecule has 1 aliphatic rings. The highest BCUT2D eigenvalue weighted by Crippen LogP contribution is 2.34. The van der Waals surface area contributed by atoms with Gasteiger partial charge in [-0.2, -0.15) is 5.10 Å². The van der Waals surface area contributed by atoms with Crippen LogP contribution in [0.2, 0.25) is 0 Å². The number of carbonyl (C=O) groups excluding carboxylic acids is 3. The van der Waals surface area contributed by atoms with E-state index in [2.05, 4.69) is 20.5 Å². The van der Waals surface area contributed by atoms with E-state index in [-0.39, 0.29) is 11.8 Å². The summed E-state index contributed by atoms with van der Waals surface area (Å²) in [5.41, 5.74) is 3.57. The molecule has 0 aliphatic heterocycles. The third-order valence-corrected chi connectivity index (χ3v) is 5.79. The summed E-state index contributed by atoms with van der Waals surface area (Å²) < 4.78 is 4.98. The fraction of sp³-hybridized carbons (Fsp3) is 0.320. The van der Waals surface area contributed by atoms with E-state index in [1.54, 1.807) is 41.6 Å². The number of benzene rings is 1. The van der Waals surface area contributed by atoms with Gasteiger partial charge in [0.1, 0.15) is 0 Å². The molecule has 9 heteroatoms. The van der Waals surface area contributed by atoms with Crippen LogP contribution in [0.1, 0.15) is 46.0 Å². The highest BCUT2D eigenvalue weighted by atomic mass is 16.5. The molecule has 1 aliphatic carbocycles. The Balaban J connectivity index is 1.51. The number of hydrogen-bond acceptors (Lipinski definition) is 6. The second kappa shape index (κ2) is 10.3. The highest BCUT2D eigenvalue weighted by Gasteiger charge is 2.29. The van der Waals surface area contributed by atoms with Gasteiger partial charge >= 0.3 is 5.97 Å². The van der Waals surface area contributed by atoms with Crippen molar-refractivity contribution in [3.63, 3.8) is 0 Å². The van der Waals surface area contributed by atoms with Crippen LogP contribution < -0.4 is 10.2 Å². The summed E-state index contributed by atoms with van der Waals surface area (Å²) in [5.74, 6) is -0.391. The number of H-pyrrole nitrogens is 1. The number of aromatic nitrogens is 3. The van der Waals surface area contributed by atoms with E-state index in [1.807, 2.05) is 6.07 Å². The van der Waals surface area contributed by atoms with Crippen molar-refractivity contribution in [2.75, 3.05) is 25.1 Å². The average Bonchev–Trinajstić information content (AvgIpc) is 3.53. The number of aromatic amines is 1. The molecule has 3 aromatic rings. The lowest BCUT2D eigenvalue weighted by atomic mass is 10.0. The second-order valence-corrected chi connectivity index (χ2v) is 8.34. The van der Waals surface area contributed by atoms with E-state index < -0.39 is 5.97 Å². The predicted octanol–water partition coefficient (Wildman–Crippen LogP) is 2.99. The molecule has 2 aromatic heterocycles. The Kier molecular flexibility index (Phi) is 7.01. The van der Waals surface area contributed by atoms with Crippen molar-refractivity contribution in [1.29, 1.82) is 0 Å². The van der Waals surface area contributed by atoms with Crippen LogP contribution in [-0.2, 0) is 16.0 Å². The van der Waals surface area contributed by atoms with Crippen molar-refractivity contribution in [2.24, 2.45) is 5.92 Å². The number of hydrogen-bond donors (Lipinski definition) is 2. The predicted molar refractivity (Wildman–Crippen MR) is 126 cm³/mol. The minimum absolute atomic E-state index is 0.119. The normalized spacial score (nSPS) is 12.8. The Hall–Kier alpha value is -4.01. The van der Waals surface area contributed by atoms with Gasteiger partial charge in [-0.05, 0) is 55.0 Å².